The number of Topliss-reactive ketones (excluding diaryl/α,β-unsaturated/α-hetero) is 1. The van der Waals surface area contributed by atoms with E-state index in [9.17, 15) is 24.3 Å². The zero-order valence-corrected chi connectivity index (χ0v) is 17.4. The van der Waals surface area contributed by atoms with Crippen molar-refractivity contribution in [2.75, 3.05) is 6.54 Å². The van der Waals surface area contributed by atoms with Crippen LogP contribution in [0, 0.1) is 17.8 Å². The molecule has 1 N–H and O–H groups in total. The molecule has 2 heterocycles. The second kappa shape index (κ2) is 6.99. The summed E-state index contributed by atoms with van der Waals surface area (Å²) in [6.07, 6.45) is 3.99. The summed E-state index contributed by atoms with van der Waals surface area (Å²) in [6.45, 7) is 3.44. The number of fused-ring (bicyclic) bond motifs is 3. The molecule has 1 saturated heterocycles. The van der Waals surface area contributed by atoms with E-state index in [1.807, 2.05) is 6.08 Å². The Hall–Kier alpha value is -3.06. The van der Waals surface area contributed by atoms with Crippen LogP contribution in [0.15, 0.2) is 51.0 Å². The monoisotopic (exact) mass is 421 g/mol. The Morgan fingerprint density at radius 3 is 2.58 bits per heavy atom. The fourth-order valence-corrected chi connectivity index (χ4v) is 5.70. The molecule has 160 valence electrons. The number of amides is 2. The molecule has 0 aromatic carbocycles. The Labute approximate surface area is 179 Å². The van der Waals surface area contributed by atoms with Gasteiger partial charge in [0.1, 0.15) is 18.1 Å². The lowest BCUT2D eigenvalue weighted by molar-refractivity contribution is -0.139. The molecule has 7 heteroatoms. The van der Waals surface area contributed by atoms with Crippen LogP contribution in [-0.2, 0) is 25.8 Å². The summed E-state index contributed by atoms with van der Waals surface area (Å²) in [5.41, 5.74) is 2.03. The van der Waals surface area contributed by atoms with Gasteiger partial charge in [0.05, 0.1) is 17.8 Å². The van der Waals surface area contributed by atoms with Gasteiger partial charge in [0.25, 0.3) is 0 Å². The lowest BCUT2D eigenvalue weighted by Gasteiger charge is -2.41. The summed E-state index contributed by atoms with van der Waals surface area (Å²) in [6, 6.07) is 3.35. The molecule has 1 fully saturated rings. The molecule has 7 nitrogen and oxygen atoms in total. The van der Waals surface area contributed by atoms with Crippen LogP contribution in [0.2, 0.25) is 0 Å². The second-order valence-corrected chi connectivity index (χ2v) is 8.61. The molecule has 0 saturated carbocycles. The Balaban J connectivity index is 1.68. The fourth-order valence-electron chi connectivity index (χ4n) is 5.70. The number of carbonyl (C=O) groups excluding carboxylic acids is 4. The number of nitrogens with zero attached hydrogens (tertiary/aromatic N) is 1. The number of ketones is 2. The third-order valence-electron chi connectivity index (χ3n) is 7.10. The van der Waals surface area contributed by atoms with Crippen LogP contribution >= 0.6 is 0 Å². The molecule has 4 aliphatic rings. The van der Waals surface area contributed by atoms with Gasteiger partial charge in [0.15, 0.2) is 11.6 Å². The van der Waals surface area contributed by atoms with Gasteiger partial charge in [-0.05, 0) is 50.8 Å². The van der Waals surface area contributed by atoms with Crippen LogP contribution < -0.4 is 0 Å². The number of hydrogen-bond donors (Lipinski definition) is 1. The number of likely N-dealkylation sites (tertiary alicyclic amines) is 1. The minimum atomic E-state index is -0.603. The van der Waals surface area contributed by atoms with Crippen molar-refractivity contribution in [2.24, 2.45) is 17.8 Å². The van der Waals surface area contributed by atoms with Gasteiger partial charge in [-0.1, -0.05) is 11.6 Å². The highest BCUT2D eigenvalue weighted by Crippen LogP contribution is 2.55. The van der Waals surface area contributed by atoms with Crippen LogP contribution in [0.1, 0.15) is 44.1 Å². The minimum absolute atomic E-state index is 0.161. The van der Waals surface area contributed by atoms with E-state index in [2.05, 4.69) is 0 Å². The molecule has 2 amide bonds. The van der Waals surface area contributed by atoms with Crippen LogP contribution in [0.3, 0.4) is 0 Å². The number of allylic oxidation sites excluding steroid dienone is 6. The lowest BCUT2D eigenvalue weighted by Crippen LogP contribution is -2.39. The molecule has 4 unspecified atom stereocenters. The van der Waals surface area contributed by atoms with Crippen molar-refractivity contribution in [2.45, 2.75) is 39.2 Å². The molecule has 3 aliphatic carbocycles. The zero-order chi connectivity index (χ0) is 22.0. The molecule has 0 spiro atoms. The average Bonchev–Trinajstić information content (AvgIpc) is 3.33. The van der Waals surface area contributed by atoms with E-state index in [0.29, 0.717) is 41.2 Å². The third kappa shape index (κ3) is 2.69. The normalized spacial score (nSPS) is 30.2. The predicted octanol–water partition coefficient (Wildman–Crippen LogP) is 2.22. The first-order valence-corrected chi connectivity index (χ1v) is 10.6. The smallest absolute Gasteiger partial charge is 0.233 e. The van der Waals surface area contributed by atoms with Crippen LogP contribution in [0.25, 0.3) is 0 Å². The molecular weight excluding hydrogens is 398 g/mol. The Kier molecular flexibility index (Phi) is 4.48. The number of hydrogen-bond acceptors (Lipinski definition) is 6. The van der Waals surface area contributed by atoms with E-state index in [0.717, 1.165) is 5.57 Å². The Morgan fingerprint density at radius 2 is 1.90 bits per heavy atom. The SMILES string of the molecule is CCN1C(=O)C2CC=C3C(c4ccc(CO)o4)C4=C(CC3C2C1=O)C(=O)C=C(C)C4=O. The van der Waals surface area contributed by atoms with E-state index in [1.165, 1.54) is 11.0 Å². The van der Waals surface area contributed by atoms with Gasteiger partial charge < -0.3 is 9.52 Å². The topological polar surface area (TPSA) is 105 Å². The maximum Gasteiger partial charge on any atom is 0.233 e. The summed E-state index contributed by atoms with van der Waals surface area (Å²) < 4.78 is 5.82. The van der Waals surface area contributed by atoms with Gasteiger partial charge in [-0.15, -0.1) is 0 Å². The van der Waals surface area contributed by atoms with Crippen molar-refractivity contribution in [1.29, 1.82) is 0 Å². The van der Waals surface area contributed by atoms with Crippen LogP contribution in [0.5, 0.6) is 0 Å². The van der Waals surface area contributed by atoms with Crippen molar-refractivity contribution in [3.63, 3.8) is 0 Å². The van der Waals surface area contributed by atoms with Gasteiger partial charge in [-0.3, -0.25) is 24.1 Å². The average molecular weight is 421 g/mol. The lowest BCUT2D eigenvalue weighted by atomic mass is 9.60. The minimum Gasteiger partial charge on any atom is -0.463 e. The Bertz CT molecular complexity index is 1130. The molecule has 1 aromatic rings. The fraction of sp³-hybridized carbons (Fsp3) is 0.417. The molecule has 4 atom stereocenters. The number of imide groups is 1. The van der Waals surface area contributed by atoms with Gasteiger partial charge >= 0.3 is 0 Å². The second-order valence-electron chi connectivity index (χ2n) is 8.61. The van der Waals surface area contributed by atoms with Crippen molar-refractivity contribution in [3.8, 4) is 0 Å². The standard InChI is InChI=1S/C24H23NO6/c1-3-25-23(29)14-6-5-13-15(19(14)24(25)30)9-16-17(27)8-11(2)22(28)21(16)20(13)18-7-4-12(10-26)31-18/h4-5,7-8,14-15,19-20,26H,3,6,9-10H2,1-2H3. The molecule has 1 aromatic heterocycles. The van der Waals surface area contributed by atoms with E-state index < -0.39 is 17.8 Å². The van der Waals surface area contributed by atoms with E-state index in [-0.39, 0.29) is 42.3 Å². The Morgan fingerprint density at radius 1 is 1.13 bits per heavy atom. The highest BCUT2D eigenvalue weighted by molar-refractivity contribution is 6.23. The number of aliphatic hydroxyl groups excluding tert-OH is 1. The number of rotatable bonds is 3. The molecular formula is C24H23NO6. The molecule has 5 rings (SSSR count). The van der Waals surface area contributed by atoms with Crippen LogP contribution in [-0.4, -0.2) is 39.9 Å². The molecule has 0 bridgehead atoms. The quantitative estimate of drug-likeness (QED) is 0.456. The first-order chi connectivity index (χ1) is 14.9. The van der Waals surface area contributed by atoms with Crippen molar-refractivity contribution < 1.29 is 28.7 Å². The van der Waals surface area contributed by atoms with E-state index in [1.54, 1.807) is 26.0 Å². The maximum atomic E-state index is 13.2. The number of furan rings is 1. The van der Waals surface area contributed by atoms with E-state index in [4.69, 9.17) is 4.42 Å². The highest BCUT2D eigenvalue weighted by Gasteiger charge is 2.56. The molecule has 1 aliphatic heterocycles. The summed E-state index contributed by atoms with van der Waals surface area (Å²) >= 11 is 0. The first-order valence-electron chi connectivity index (χ1n) is 10.6. The number of carbonyl (C=O) groups is 4. The highest BCUT2D eigenvalue weighted by atomic mass is 16.4. The first kappa shape index (κ1) is 19.9. The summed E-state index contributed by atoms with van der Waals surface area (Å²) in [5.74, 6) is -1.88. The van der Waals surface area contributed by atoms with Gasteiger partial charge in [0, 0.05) is 23.3 Å². The zero-order valence-electron chi connectivity index (χ0n) is 17.4. The molecule has 31 heavy (non-hydrogen) atoms. The summed E-state index contributed by atoms with van der Waals surface area (Å²) in [7, 11) is 0. The largest absolute Gasteiger partial charge is 0.463 e. The van der Waals surface area contributed by atoms with E-state index >= 15 is 0 Å². The third-order valence-corrected chi connectivity index (χ3v) is 7.10. The van der Waals surface area contributed by atoms with Crippen molar-refractivity contribution in [3.05, 3.63) is 58.1 Å². The predicted molar refractivity (Wildman–Crippen MR) is 108 cm³/mol. The van der Waals surface area contributed by atoms with Crippen molar-refractivity contribution >= 4 is 23.4 Å². The summed E-state index contributed by atoms with van der Waals surface area (Å²) in [5, 5.41) is 9.46. The van der Waals surface area contributed by atoms with Gasteiger partial charge in [-0.2, -0.15) is 0 Å². The maximum absolute atomic E-state index is 13.2. The van der Waals surface area contributed by atoms with Crippen molar-refractivity contribution in [1.82, 2.24) is 4.90 Å². The number of aliphatic hydroxyl groups is 1. The van der Waals surface area contributed by atoms with Crippen LogP contribution in [0.4, 0.5) is 0 Å². The van der Waals surface area contributed by atoms with Gasteiger partial charge in [-0.25, -0.2) is 0 Å². The van der Waals surface area contributed by atoms with Gasteiger partial charge in [0.2, 0.25) is 11.8 Å². The molecule has 0 radical (unpaired) electrons. The summed E-state index contributed by atoms with van der Waals surface area (Å²) in [4.78, 5) is 53.3.